The first-order valence-electron chi connectivity index (χ1n) is 14.3. The van der Waals surface area contributed by atoms with Crippen molar-refractivity contribution in [2.45, 2.75) is 157 Å². The van der Waals surface area contributed by atoms with Gasteiger partial charge in [0, 0.05) is 0 Å². The standard InChI is InChI=1S/C11H22O.2C4H9O.2C4H9.2Sn/c1-4-7-9-11(12,6-3)10-8-5-2;2*1-2-3-4-5;2*1-3-4-2;;/h3-10H2,1-2H3;2*2-4H2,1H3;2*1,3-4H2,2H3;;/q3*-1;;;+1;+2. The molecule has 0 aromatic heterocycles. The second-order valence-electron chi connectivity index (χ2n) is 9.51. The third-order valence-electron chi connectivity index (χ3n) is 6.26. The molecule has 0 aliphatic rings. The molecule has 0 amide bonds. The van der Waals surface area contributed by atoms with Gasteiger partial charge >= 0.3 is 220 Å². The van der Waals surface area contributed by atoms with E-state index < -0.39 is 40.8 Å². The molecule has 0 aliphatic heterocycles. The maximum atomic E-state index is 7.37. The first-order chi connectivity index (χ1) is 15.6. The molecule has 0 bridgehead atoms. The first-order valence-corrected chi connectivity index (χ1v) is 23.8. The Morgan fingerprint density at radius 3 is 1.34 bits per heavy atom. The number of rotatable bonds is 25. The molecule has 0 fully saturated rings. The van der Waals surface area contributed by atoms with Crippen molar-refractivity contribution in [3.05, 3.63) is 0 Å². The van der Waals surface area contributed by atoms with E-state index in [0.29, 0.717) is 0 Å². The van der Waals surface area contributed by atoms with Crippen LogP contribution in [0.15, 0.2) is 0 Å². The summed E-state index contributed by atoms with van der Waals surface area (Å²) in [4.78, 5) is 0. The second-order valence-corrected chi connectivity index (χ2v) is 21.2. The van der Waals surface area contributed by atoms with Crippen LogP contribution in [0.4, 0.5) is 0 Å². The predicted octanol–water partition coefficient (Wildman–Crippen LogP) is 9.23. The van der Waals surface area contributed by atoms with Crippen molar-refractivity contribution in [2.75, 3.05) is 13.2 Å². The summed E-state index contributed by atoms with van der Waals surface area (Å²) in [6.07, 6.45) is 19.0. The quantitative estimate of drug-likeness (QED) is 0.0718. The molecule has 32 heavy (non-hydrogen) atoms. The first kappa shape index (κ1) is 33.5. The third kappa shape index (κ3) is 17.8. The summed E-state index contributed by atoms with van der Waals surface area (Å²) in [5.41, 5.74) is 0.121. The summed E-state index contributed by atoms with van der Waals surface area (Å²) in [5, 5.41) is 0. The monoisotopic (exact) mass is 670 g/mol. The molecule has 0 unspecified atom stereocenters. The van der Waals surface area contributed by atoms with E-state index in [2.05, 4.69) is 41.5 Å². The molecule has 0 aromatic carbocycles. The Morgan fingerprint density at radius 2 is 0.938 bits per heavy atom. The van der Waals surface area contributed by atoms with Gasteiger partial charge in [0.15, 0.2) is 0 Å². The van der Waals surface area contributed by atoms with Crippen LogP contribution in [-0.2, 0) is 9.22 Å². The Morgan fingerprint density at radius 1 is 0.500 bits per heavy atom. The van der Waals surface area contributed by atoms with E-state index in [1.807, 2.05) is 0 Å². The molecule has 0 N–H and O–H groups in total. The van der Waals surface area contributed by atoms with E-state index in [1.54, 1.807) is 0 Å². The molecule has 0 aromatic rings. The van der Waals surface area contributed by atoms with Crippen LogP contribution in [0.5, 0.6) is 0 Å². The van der Waals surface area contributed by atoms with Crippen LogP contribution in [0.25, 0.3) is 0 Å². The van der Waals surface area contributed by atoms with Crippen molar-refractivity contribution in [1.82, 2.24) is 0 Å². The Hall–Kier alpha value is 1.48. The van der Waals surface area contributed by atoms with Gasteiger partial charge in [-0.25, -0.2) is 0 Å². The molecule has 3 nitrogen and oxygen atoms in total. The molecule has 0 atom stereocenters. The summed E-state index contributed by atoms with van der Waals surface area (Å²) in [6.45, 7) is 15.6. The minimum absolute atomic E-state index is 0.121. The van der Waals surface area contributed by atoms with Gasteiger partial charge in [0.2, 0.25) is 0 Å². The van der Waals surface area contributed by atoms with Crippen molar-refractivity contribution >= 4 is 40.8 Å². The topological polar surface area (TPSA) is 27.7 Å². The molecule has 0 heterocycles. The number of hydrogen-bond donors (Lipinski definition) is 0. The van der Waals surface area contributed by atoms with Crippen LogP contribution in [-0.4, -0.2) is 59.6 Å². The Kier molecular flexibility index (Phi) is 25.3. The summed E-state index contributed by atoms with van der Waals surface area (Å²) in [7, 11) is 0. The summed E-state index contributed by atoms with van der Waals surface area (Å²) in [6, 6.07) is 0. The maximum absolute atomic E-state index is 7.37. The molecule has 0 saturated heterocycles. The molecule has 0 spiro atoms. The fourth-order valence-electron chi connectivity index (χ4n) is 3.98. The van der Waals surface area contributed by atoms with Gasteiger partial charge in [-0.3, -0.25) is 0 Å². The molecule has 0 rings (SSSR count). The van der Waals surface area contributed by atoms with Crippen molar-refractivity contribution in [2.24, 2.45) is 0 Å². The molecular formula is C27H58O3Sn2. The van der Waals surface area contributed by atoms with E-state index >= 15 is 0 Å². The summed E-state index contributed by atoms with van der Waals surface area (Å²) >= 11 is -4.08. The van der Waals surface area contributed by atoms with Crippen molar-refractivity contribution in [3.63, 3.8) is 0 Å². The zero-order valence-corrected chi connectivity index (χ0v) is 28.6. The van der Waals surface area contributed by atoms with Crippen LogP contribution < -0.4 is 0 Å². The van der Waals surface area contributed by atoms with Crippen molar-refractivity contribution in [3.8, 4) is 0 Å². The molecule has 2 radical (unpaired) electrons. The number of unbranched alkanes of at least 4 members (excludes halogenated alkanes) is 6. The normalized spacial score (nSPS) is 12.4. The van der Waals surface area contributed by atoms with E-state index in [9.17, 15) is 0 Å². The van der Waals surface area contributed by atoms with Gasteiger partial charge in [0.05, 0.1) is 0 Å². The zero-order chi connectivity index (χ0) is 23.9. The van der Waals surface area contributed by atoms with E-state index in [1.165, 1.54) is 110 Å². The van der Waals surface area contributed by atoms with E-state index in [4.69, 9.17) is 9.22 Å². The predicted molar refractivity (Wildman–Crippen MR) is 145 cm³/mol. The van der Waals surface area contributed by atoms with E-state index in [0.717, 1.165) is 13.2 Å². The fraction of sp³-hybridized carbons (Fsp3) is 1.00. The molecule has 5 heteroatoms. The molecular weight excluding hydrogens is 610 g/mol. The van der Waals surface area contributed by atoms with Gasteiger partial charge in [0.1, 0.15) is 0 Å². The van der Waals surface area contributed by atoms with Gasteiger partial charge in [0.25, 0.3) is 0 Å². The van der Waals surface area contributed by atoms with Gasteiger partial charge in [-0.05, 0) is 0 Å². The third-order valence-corrected chi connectivity index (χ3v) is 18.4. The van der Waals surface area contributed by atoms with Gasteiger partial charge in [-0.15, -0.1) is 0 Å². The van der Waals surface area contributed by atoms with Crippen molar-refractivity contribution < 1.29 is 9.22 Å². The van der Waals surface area contributed by atoms with E-state index in [-0.39, 0.29) is 5.60 Å². The summed E-state index contributed by atoms with van der Waals surface area (Å²) < 4.78 is 24.2. The average molecular weight is 668 g/mol. The van der Waals surface area contributed by atoms with Crippen LogP contribution in [0.1, 0.15) is 138 Å². The summed E-state index contributed by atoms with van der Waals surface area (Å²) in [5.74, 6) is 0. The van der Waals surface area contributed by atoms with Gasteiger partial charge in [-0.1, -0.05) is 0 Å². The average Bonchev–Trinajstić information content (AvgIpc) is 2.81. The fourth-order valence-corrected chi connectivity index (χ4v) is 17.2. The number of hydrogen-bond acceptors (Lipinski definition) is 3. The van der Waals surface area contributed by atoms with Crippen LogP contribution >= 0.6 is 0 Å². The zero-order valence-electron chi connectivity index (χ0n) is 22.9. The van der Waals surface area contributed by atoms with Crippen LogP contribution in [0.3, 0.4) is 0 Å². The van der Waals surface area contributed by atoms with Crippen LogP contribution in [0, 0.1) is 0 Å². The van der Waals surface area contributed by atoms with Crippen molar-refractivity contribution in [1.29, 1.82) is 0 Å². The van der Waals surface area contributed by atoms with Crippen LogP contribution in [0.2, 0.25) is 13.3 Å². The van der Waals surface area contributed by atoms with Gasteiger partial charge in [-0.2, -0.15) is 0 Å². The second kappa shape index (κ2) is 24.2. The minimum atomic E-state index is -2.26. The molecule has 0 aliphatic carbocycles. The molecule has 0 saturated carbocycles. The Labute approximate surface area is 218 Å². The molecule has 192 valence electrons. The van der Waals surface area contributed by atoms with Gasteiger partial charge < -0.3 is 0 Å². The Balaban J connectivity index is 5.37. The SMILES string of the molecule is CCCC[O][Sn]([CH2]CC(CCCC)(CCCC)[O][Sn]([CH2]CCC)[CH2]CCC)[O]CCCC. The Bertz CT molecular complexity index is 356.